The molecule has 0 bridgehead atoms. The zero-order valence-corrected chi connectivity index (χ0v) is 33.2. The minimum Gasteiger partial charge on any atom is -0.465 e. The molecule has 4 saturated heterocycles. The molecule has 0 aliphatic carbocycles. The normalized spacial score (nSPS) is 34.4. The van der Waals surface area contributed by atoms with Crippen LogP contribution in [0.15, 0.2) is 91.0 Å². The number of benzene rings is 3. The summed E-state index contributed by atoms with van der Waals surface area (Å²) in [5.74, 6) is -5.49. The average molecular weight is 795 g/mol. The number of carbonyl (C=O) groups excluding carboxylic acids is 1. The van der Waals surface area contributed by atoms with Crippen LogP contribution < -0.4 is 0 Å². The first-order chi connectivity index (χ1) is 27.4. The fourth-order valence-electron chi connectivity index (χ4n) is 7.80. The third kappa shape index (κ3) is 9.43. The molecule has 0 saturated carbocycles. The van der Waals surface area contributed by atoms with E-state index in [1.807, 2.05) is 91.0 Å². The lowest BCUT2D eigenvalue weighted by Crippen LogP contribution is -2.71. The van der Waals surface area contributed by atoms with E-state index in [1.54, 1.807) is 27.7 Å². The van der Waals surface area contributed by atoms with Crippen LogP contribution in [0.25, 0.3) is 0 Å². The van der Waals surface area contributed by atoms with Crippen LogP contribution >= 0.6 is 0 Å². The number of aliphatic hydroxyl groups excluding tert-OH is 1. The van der Waals surface area contributed by atoms with Gasteiger partial charge in [0.1, 0.15) is 54.9 Å². The maximum atomic E-state index is 14.0. The number of methoxy groups -OCH3 is 2. The Morgan fingerprint density at radius 3 is 1.70 bits per heavy atom. The molecule has 4 fully saturated rings. The summed E-state index contributed by atoms with van der Waals surface area (Å²) >= 11 is 0. The van der Waals surface area contributed by atoms with Crippen molar-refractivity contribution in [2.75, 3.05) is 27.4 Å². The van der Waals surface area contributed by atoms with Gasteiger partial charge in [-0.15, -0.1) is 0 Å². The summed E-state index contributed by atoms with van der Waals surface area (Å²) in [6, 6.07) is 29.2. The van der Waals surface area contributed by atoms with Crippen molar-refractivity contribution in [1.82, 2.24) is 0 Å². The van der Waals surface area contributed by atoms with Crippen molar-refractivity contribution in [1.29, 1.82) is 0 Å². The summed E-state index contributed by atoms with van der Waals surface area (Å²) in [7, 11) is 2.70. The Labute approximate surface area is 333 Å². The number of aliphatic hydroxyl groups is 1. The maximum Gasteiger partial charge on any atom is 0.369 e. The maximum absolute atomic E-state index is 14.0. The van der Waals surface area contributed by atoms with Gasteiger partial charge in [-0.05, 0) is 44.4 Å². The number of hydrogen-bond acceptors (Lipinski definition) is 14. The average Bonchev–Trinajstić information content (AvgIpc) is 3.76. The molecule has 0 spiro atoms. The van der Waals surface area contributed by atoms with Crippen LogP contribution in [0.4, 0.5) is 0 Å². The second-order valence-electron chi connectivity index (χ2n) is 15.5. The Morgan fingerprint density at radius 1 is 0.667 bits per heavy atom. The first-order valence-electron chi connectivity index (χ1n) is 19.3. The molecule has 4 aliphatic rings. The van der Waals surface area contributed by atoms with Gasteiger partial charge in [0.05, 0.1) is 40.1 Å². The Kier molecular flexibility index (Phi) is 13.1. The van der Waals surface area contributed by atoms with E-state index in [2.05, 4.69) is 0 Å². The van der Waals surface area contributed by atoms with E-state index in [1.165, 1.54) is 14.2 Å². The summed E-state index contributed by atoms with van der Waals surface area (Å²) in [6.45, 7) is 7.39. The van der Waals surface area contributed by atoms with Crippen molar-refractivity contribution < 1.29 is 66.7 Å². The van der Waals surface area contributed by atoms with Crippen molar-refractivity contribution in [3.8, 4) is 0 Å². The van der Waals surface area contributed by atoms with Gasteiger partial charge in [0.2, 0.25) is 0 Å². The molecule has 7 rings (SSSR count). The van der Waals surface area contributed by atoms with E-state index in [0.717, 1.165) is 16.7 Å². The molecule has 1 unspecified atom stereocenters. The summed E-state index contributed by atoms with van der Waals surface area (Å²) in [4.78, 5) is 14.0. The van der Waals surface area contributed by atoms with Crippen molar-refractivity contribution in [2.45, 2.75) is 126 Å². The highest BCUT2D eigenvalue weighted by Crippen LogP contribution is 2.45. The van der Waals surface area contributed by atoms with Crippen molar-refractivity contribution in [3.05, 3.63) is 108 Å². The molecule has 11 atom stereocenters. The van der Waals surface area contributed by atoms with E-state index in [4.69, 9.17) is 56.8 Å². The molecule has 57 heavy (non-hydrogen) atoms. The number of rotatable bonds is 15. The van der Waals surface area contributed by atoms with Gasteiger partial charge in [0.15, 0.2) is 17.9 Å². The van der Waals surface area contributed by atoms with Crippen LogP contribution in [0.2, 0.25) is 0 Å². The molecular formula is C43H54O14. The summed E-state index contributed by atoms with van der Waals surface area (Å²) in [6.07, 6.45) is -9.69. The highest BCUT2D eigenvalue weighted by Gasteiger charge is 2.68. The van der Waals surface area contributed by atoms with Gasteiger partial charge in [0, 0.05) is 7.11 Å². The molecule has 310 valence electrons. The fourth-order valence-corrected chi connectivity index (χ4v) is 7.80. The largest absolute Gasteiger partial charge is 0.465 e. The van der Waals surface area contributed by atoms with Crippen LogP contribution in [0, 0.1) is 0 Å². The van der Waals surface area contributed by atoms with Crippen LogP contribution in [0.5, 0.6) is 0 Å². The minimum atomic E-state index is -2.42. The standard InChI is InChI=1S/C43H54O14/c1-41(2)51-26-31(54-41)33-35-36(56-42(3,4)55-35)38(44)43(57-33,40(45)47-6)52-25-30-32(48-22-27-16-10-7-11-17-27)34(49-23-28-18-12-8-13-19-28)37(39(46-5)53-30)50-24-29-20-14-9-15-21-29/h7-21,30-39,44H,22-26H2,1-6H3/t30-,31+,32-,33-,34+,35+,36+,37-,38+,39-,43?/m1/s1. The minimum absolute atomic E-state index is 0.124. The van der Waals surface area contributed by atoms with Crippen LogP contribution in [-0.2, 0) is 81.5 Å². The van der Waals surface area contributed by atoms with Gasteiger partial charge >= 0.3 is 5.97 Å². The number of hydrogen-bond donors (Lipinski definition) is 1. The topological polar surface area (TPSA) is 148 Å². The van der Waals surface area contributed by atoms with E-state index < -0.39 is 84.6 Å². The molecule has 14 nitrogen and oxygen atoms in total. The molecule has 1 N–H and O–H groups in total. The van der Waals surface area contributed by atoms with Gasteiger partial charge in [-0.1, -0.05) is 91.0 Å². The summed E-state index contributed by atoms with van der Waals surface area (Å²) < 4.78 is 75.4. The molecule has 0 amide bonds. The molecule has 3 aromatic rings. The number of carbonyl (C=O) groups is 1. The predicted octanol–water partition coefficient (Wildman–Crippen LogP) is 4.43. The lowest BCUT2D eigenvalue weighted by Gasteiger charge is -2.49. The lowest BCUT2D eigenvalue weighted by atomic mass is 9.89. The molecule has 14 heteroatoms. The zero-order valence-electron chi connectivity index (χ0n) is 33.2. The molecule has 3 aromatic carbocycles. The van der Waals surface area contributed by atoms with E-state index in [9.17, 15) is 9.90 Å². The molecule has 0 radical (unpaired) electrons. The number of ether oxygens (including phenoxy) is 12. The summed E-state index contributed by atoms with van der Waals surface area (Å²) in [5, 5.41) is 12.0. The van der Waals surface area contributed by atoms with E-state index in [0.29, 0.717) is 0 Å². The zero-order chi connectivity index (χ0) is 40.2. The van der Waals surface area contributed by atoms with Gasteiger partial charge in [-0.25, -0.2) is 4.79 Å². The van der Waals surface area contributed by atoms with Gasteiger partial charge in [-0.2, -0.15) is 0 Å². The Hall–Kier alpha value is -3.35. The van der Waals surface area contributed by atoms with Crippen LogP contribution in [-0.4, -0.2) is 117 Å². The molecule has 0 aromatic heterocycles. The number of esters is 1. The van der Waals surface area contributed by atoms with Crippen LogP contribution in [0.3, 0.4) is 0 Å². The lowest BCUT2D eigenvalue weighted by molar-refractivity contribution is -0.367. The van der Waals surface area contributed by atoms with Crippen molar-refractivity contribution in [2.24, 2.45) is 0 Å². The van der Waals surface area contributed by atoms with E-state index in [-0.39, 0.29) is 33.0 Å². The number of fused-ring (bicyclic) bond motifs is 1. The van der Waals surface area contributed by atoms with Crippen LogP contribution in [0.1, 0.15) is 44.4 Å². The van der Waals surface area contributed by atoms with Crippen molar-refractivity contribution >= 4 is 5.97 Å². The van der Waals surface area contributed by atoms with Gasteiger partial charge in [0.25, 0.3) is 5.79 Å². The second-order valence-corrected chi connectivity index (χ2v) is 15.5. The monoisotopic (exact) mass is 794 g/mol. The Morgan fingerprint density at radius 2 is 1.19 bits per heavy atom. The summed E-state index contributed by atoms with van der Waals surface area (Å²) in [5.41, 5.74) is 2.78. The van der Waals surface area contributed by atoms with Gasteiger partial charge < -0.3 is 61.9 Å². The third-order valence-electron chi connectivity index (χ3n) is 10.5. The van der Waals surface area contributed by atoms with Gasteiger partial charge in [-0.3, -0.25) is 0 Å². The highest BCUT2D eigenvalue weighted by atomic mass is 16.8. The van der Waals surface area contributed by atoms with E-state index >= 15 is 0 Å². The Bertz CT molecular complexity index is 1730. The predicted molar refractivity (Wildman–Crippen MR) is 201 cm³/mol. The third-order valence-corrected chi connectivity index (χ3v) is 10.5. The quantitative estimate of drug-likeness (QED) is 0.216. The SMILES string of the molecule is COC(=O)C1(OC[C@H]2O[C@@H](OC)[C@H](OCc3ccccc3)[C@@H](OCc3ccccc3)[C@@H]2OCc2ccccc2)O[C@H]([C@@H]2COC(C)(C)O2)[C@@H]2OC(C)(C)O[C@@H]2[C@@H]1O. The first kappa shape index (κ1) is 41.8. The Balaban J connectivity index is 1.22. The molecule has 4 heterocycles. The highest BCUT2D eigenvalue weighted by molar-refractivity contribution is 5.79. The second kappa shape index (κ2) is 17.9. The first-order valence-corrected chi connectivity index (χ1v) is 19.3. The molecular weight excluding hydrogens is 740 g/mol. The van der Waals surface area contributed by atoms with Crippen molar-refractivity contribution in [3.63, 3.8) is 0 Å². The smallest absolute Gasteiger partial charge is 0.369 e. The fraction of sp³-hybridized carbons (Fsp3) is 0.558. The molecule has 4 aliphatic heterocycles.